The van der Waals surface area contributed by atoms with Gasteiger partial charge in [-0.1, -0.05) is 12.1 Å². The number of methoxy groups -OCH3 is 1. The van der Waals surface area contributed by atoms with Crippen molar-refractivity contribution in [3.63, 3.8) is 0 Å². The fraction of sp³-hybridized carbons (Fsp3) is 0.381. The Hall–Kier alpha value is -2.73. The maximum atomic E-state index is 12.3. The van der Waals surface area contributed by atoms with Crippen LogP contribution in [0.25, 0.3) is 0 Å². The molecule has 0 bridgehead atoms. The number of hydrogen-bond acceptors (Lipinski definition) is 5. The molecule has 0 unspecified atom stereocenters. The Morgan fingerprint density at radius 1 is 1.04 bits per heavy atom. The second kappa shape index (κ2) is 9.28. The number of carbonyl (C=O) groups excluding carboxylic acids is 1. The van der Waals surface area contributed by atoms with Crippen LogP contribution >= 0.6 is 0 Å². The summed E-state index contributed by atoms with van der Waals surface area (Å²) >= 11 is 0. The van der Waals surface area contributed by atoms with E-state index in [-0.39, 0.29) is 12.5 Å². The van der Waals surface area contributed by atoms with Crippen molar-refractivity contribution >= 4 is 11.6 Å². The van der Waals surface area contributed by atoms with E-state index in [0.717, 1.165) is 37.6 Å². The number of benzene rings is 2. The van der Waals surface area contributed by atoms with E-state index in [1.807, 2.05) is 0 Å². The summed E-state index contributed by atoms with van der Waals surface area (Å²) in [7, 11) is 3.40. The average Bonchev–Trinajstić information content (AvgIpc) is 2.73. The van der Waals surface area contributed by atoms with E-state index in [4.69, 9.17) is 14.2 Å². The summed E-state index contributed by atoms with van der Waals surface area (Å²) in [5, 5.41) is 0. The van der Waals surface area contributed by atoms with Crippen LogP contribution in [0.2, 0.25) is 0 Å². The molecule has 2 aromatic rings. The van der Waals surface area contributed by atoms with Crippen LogP contribution in [0.3, 0.4) is 0 Å². The van der Waals surface area contributed by atoms with Crippen molar-refractivity contribution in [1.82, 2.24) is 4.90 Å². The molecule has 1 saturated heterocycles. The topological polar surface area (TPSA) is 51.2 Å². The minimum absolute atomic E-state index is 0.00862. The summed E-state index contributed by atoms with van der Waals surface area (Å²) < 4.78 is 16.1. The molecule has 0 aromatic heterocycles. The van der Waals surface area contributed by atoms with Gasteiger partial charge in [-0.15, -0.1) is 0 Å². The van der Waals surface area contributed by atoms with Gasteiger partial charge in [0.05, 0.1) is 20.3 Å². The van der Waals surface area contributed by atoms with Crippen LogP contribution in [0.15, 0.2) is 48.5 Å². The lowest BCUT2D eigenvalue weighted by Crippen LogP contribution is -2.36. The van der Waals surface area contributed by atoms with Gasteiger partial charge in [0, 0.05) is 32.4 Å². The third-order valence-corrected chi connectivity index (χ3v) is 4.58. The van der Waals surface area contributed by atoms with Crippen molar-refractivity contribution in [1.29, 1.82) is 0 Å². The average molecular weight is 370 g/mol. The van der Waals surface area contributed by atoms with E-state index in [2.05, 4.69) is 29.2 Å². The number of carbonyl (C=O) groups is 1. The first kappa shape index (κ1) is 19.0. The van der Waals surface area contributed by atoms with Gasteiger partial charge in [-0.25, -0.2) is 0 Å². The summed E-state index contributed by atoms with van der Waals surface area (Å²) in [4.78, 5) is 16.3. The first-order valence-corrected chi connectivity index (χ1v) is 9.08. The standard InChI is InChI=1S/C21H26N2O4/c1-22(21(24)16-27-20-9-7-19(25-2)8-10-20)15-17-3-5-18(6-4-17)23-11-13-26-14-12-23/h3-10H,11-16H2,1-2H3. The Labute approximate surface area is 160 Å². The maximum absolute atomic E-state index is 12.3. The first-order chi connectivity index (χ1) is 13.2. The Morgan fingerprint density at radius 3 is 2.30 bits per heavy atom. The lowest BCUT2D eigenvalue weighted by Gasteiger charge is -2.29. The Kier molecular flexibility index (Phi) is 6.54. The number of morpholine rings is 1. The zero-order valence-corrected chi connectivity index (χ0v) is 15.9. The van der Waals surface area contributed by atoms with Gasteiger partial charge < -0.3 is 24.0 Å². The molecule has 0 radical (unpaired) electrons. The second-order valence-corrected chi connectivity index (χ2v) is 6.48. The van der Waals surface area contributed by atoms with Crippen molar-refractivity contribution in [3.05, 3.63) is 54.1 Å². The Bertz CT molecular complexity index is 725. The molecule has 2 aromatic carbocycles. The van der Waals surface area contributed by atoms with Crippen LogP contribution in [0, 0.1) is 0 Å². The third kappa shape index (κ3) is 5.37. The van der Waals surface area contributed by atoms with Crippen molar-refractivity contribution in [2.75, 3.05) is 52.0 Å². The second-order valence-electron chi connectivity index (χ2n) is 6.48. The maximum Gasteiger partial charge on any atom is 0.260 e. The van der Waals surface area contributed by atoms with E-state index >= 15 is 0 Å². The van der Waals surface area contributed by atoms with Crippen LogP contribution in [-0.4, -0.2) is 57.9 Å². The molecule has 0 spiro atoms. The zero-order chi connectivity index (χ0) is 19.1. The van der Waals surface area contributed by atoms with Gasteiger partial charge in [0.2, 0.25) is 0 Å². The number of hydrogen-bond donors (Lipinski definition) is 0. The monoisotopic (exact) mass is 370 g/mol. The fourth-order valence-corrected chi connectivity index (χ4v) is 2.92. The van der Waals surface area contributed by atoms with E-state index < -0.39 is 0 Å². The van der Waals surface area contributed by atoms with E-state index in [9.17, 15) is 4.79 Å². The summed E-state index contributed by atoms with van der Waals surface area (Å²) in [6.07, 6.45) is 0. The molecule has 0 saturated carbocycles. The van der Waals surface area contributed by atoms with Gasteiger partial charge in [0.25, 0.3) is 5.91 Å². The zero-order valence-electron chi connectivity index (χ0n) is 15.9. The lowest BCUT2D eigenvalue weighted by molar-refractivity contribution is -0.132. The van der Waals surface area contributed by atoms with Gasteiger partial charge in [0.1, 0.15) is 11.5 Å². The van der Waals surface area contributed by atoms with Crippen molar-refractivity contribution in [2.45, 2.75) is 6.54 Å². The summed E-state index contributed by atoms with van der Waals surface area (Å²) in [5.74, 6) is 1.34. The van der Waals surface area contributed by atoms with E-state index in [1.165, 1.54) is 5.69 Å². The molecule has 1 amide bonds. The molecule has 27 heavy (non-hydrogen) atoms. The van der Waals surface area contributed by atoms with Gasteiger partial charge in [-0.3, -0.25) is 4.79 Å². The molecule has 144 valence electrons. The molecule has 6 nitrogen and oxygen atoms in total. The fourth-order valence-electron chi connectivity index (χ4n) is 2.92. The first-order valence-electron chi connectivity index (χ1n) is 9.08. The molecule has 1 fully saturated rings. The van der Waals surface area contributed by atoms with E-state index in [1.54, 1.807) is 43.3 Å². The smallest absolute Gasteiger partial charge is 0.260 e. The molecule has 1 heterocycles. The normalized spacial score (nSPS) is 13.9. The van der Waals surface area contributed by atoms with E-state index in [0.29, 0.717) is 12.3 Å². The minimum Gasteiger partial charge on any atom is -0.497 e. The van der Waals surface area contributed by atoms with Gasteiger partial charge in [-0.2, -0.15) is 0 Å². The number of likely N-dealkylation sites (N-methyl/N-ethyl adjacent to an activating group) is 1. The predicted octanol–water partition coefficient (Wildman–Crippen LogP) is 2.57. The minimum atomic E-state index is -0.0666. The van der Waals surface area contributed by atoms with Crippen LogP contribution in [-0.2, 0) is 16.1 Å². The highest BCUT2D eigenvalue weighted by Gasteiger charge is 2.13. The number of ether oxygens (including phenoxy) is 3. The quantitative estimate of drug-likeness (QED) is 0.750. The number of anilines is 1. The Balaban J connectivity index is 1.48. The lowest BCUT2D eigenvalue weighted by atomic mass is 10.1. The molecule has 6 heteroatoms. The molecular weight excluding hydrogens is 344 g/mol. The summed E-state index contributed by atoms with van der Waals surface area (Å²) in [6, 6.07) is 15.5. The highest BCUT2D eigenvalue weighted by molar-refractivity contribution is 5.77. The summed E-state index contributed by atoms with van der Waals surface area (Å²) in [5.41, 5.74) is 2.28. The third-order valence-electron chi connectivity index (χ3n) is 4.58. The van der Waals surface area contributed by atoms with Gasteiger partial charge >= 0.3 is 0 Å². The van der Waals surface area contributed by atoms with Crippen LogP contribution in [0.1, 0.15) is 5.56 Å². The van der Waals surface area contributed by atoms with Gasteiger partial charge in [-0.05, 0) is 42.0 Å². The van der Waals surface area contributed by atoms with Crippen LogP contribution < -0.4 is 14.4 Å². The molecule has 0 aliphatic carbocycles. The molecule has 1 aliphatic heterocycles. The highest BCUT2D eigenvalue weighted by atomic mass is 16.5. The molecule has 1 aliphatic rings. The Morgan fingerprint density at radius 2 is 1.67 bits per heavy atom. The number of rotatable bonds is 7. The molecule has 0 N–H and O–H groups in total. The van der Waals surface area contributed by atoms with Crippen LogP contribution in [0.5, 0.6) is 11.5 Å². The SMILES string of the molecule is COc1ccc(OCC(=O)N(C)Cc2ccc(N3CCOCC3)cc2)cc1. The van der Waals surface area contributed by atoms with Crippen molar-refractivity contribution < 1.29 is 19.0 Å². The molecule has 3 rings (SSSR count). The van der Waals surface area contributed by atoms with Gasteiger partial charge in [0.15, 0.2) is 6.61 Å². The number of nitrogens with zero attached hydrogens (tertiary/aromatic N) is 2. The largest absolute Gasteiger partial charge is 0.497 e. The van der Waals surface area contributed by atoms with Crippen molar-refractivity contribution in [3.8, 4) is 11.5 Å². The molecule has 0 atom stereocenters. The predicted molar refractivity (Wildman–Crippen MR) is 104 cm³/mol. The van der Waals surface area contributed by atoms with Crippen LogP contribution in [0.4, 0.5) is 5.69 Å². The number of amides is 1. The highest BCUT2D eigenvalue weighted by Crippen LogP contribution is 2.18. The molecular formula is C21H26N2O4. The van der Waals surface area contributed by atoms with Crippen molar-refractivity contribution in [2.24, 2.45) is 0 Å². The summed E-state index contributed by atoms with van der Waals surface area (Å²) in [6.45, 7) is 3.93.